The Morgan fingerprint density at radius 2 is 1.78 bits per heavy atom. The lowest BCUT2D eigenvalue weighted by atomic mass is 9.95. The maximum absolute atomic E-state index is 12.8. The zero-order chi connectivity index (χ0) is 15.9. The highest BCUT2D eigenvalue weighted by Gasteiger charge is 2.52. The number of halogens is 1. The van der Waals surface area contributed by atoms with Gasteiger partial charge < -0.3 is 14.8 Å². The van der Waals surface area contributed by atoms with E-state index < -0.39 is 5.41 Å². The van der Waals surface area contributed by atoms with E-state index in [1.165, 1.54) is 0 Å². The molecule has 1 saturated carbocycles. The molecule has 2 aliphatic rings. The van der Waals surface area contributed by atoms with Crippen LogP contribution in [-0.4, -0.2) is 19.1 Å². The Bertz CT molecular complexity index is 771. The topological polar surface area (TPSA) is 47.6 Å². The minimum Gasteiger partial charge on any atom is -0.486 e. The molecule has 0 saturated heterocycles. The van der Waals surface area contributed by atoms with Crippen molar-refractivity contribution in [3.05, 3.63) is 53.1 Å². The number of hydrogen-bond acceptors (Lipinski definition) is 3. The van der Waals surface area contributed by atoms with Gasteiger partial charge >= 0.3 is 0 Å². The van der Waals surface area contributed by atoms with Crippen molar-refractivity contribution in [1.29, 1.82) is 0 Å². The Balaban J connectivity index is 1.57. The fourth-order valence-corrected chi connectivity index (χ4v) is 3.28. The van der Waals surface area contributed by atoms with E-state index in [1.54, 1.807) is 6.07 Å². The number of benzene rings is 2. The third kappa shape index (κ3) is 2.53. The first-order valence-corrected chi connectivity index (χ1v) is 8.03. The first kappa shape index (κ1) is 14.4. The molecule has 0 radical (unpaired) electrons. The molecule has 4 nitrogen and oxygen atoms in total. The van der Waals surface area contributed by atoms with E-state index in [4.69, 9.17) is 21.1 Å². The predicted molar refractivity (Wildman–Crippen MR) is 88.4 cm³/mol. The second kappa shape index (κ2) is 5.46. The molecule has 118 valence electrons. The van der Waals surface area contributed by atoms with Crippen molar-refractivity contribution < 1.29 is 14.3 Å². The van der Waals surface area contributed by atoms with Crippen LogP contribution in [0, 0.1) is 0 Å². The van der Waals surface area contributed by atoms with E-state index in [1.807, 2.05) is 36.4 Å². The van der Waals surface area contributed by atoms with Gasteiger partial charge in [0, 0.05) is 16.8 Å². The predicted octanol–water partition coefficient (Wildman–Crippen LogP) is 3.78. The summed E-state index contributed by atoms with van der Waals surface area (Å²) in [5.74, 6) is 1.35. The van der Waals surface area contributed by atoms with E-state index in [9.17, 15) is 4.79 Å². The van der Waals surface area contributed by atoms with Gasteiger partial charge in [-0.1, -0.05) is 29.8 Å². The molecule has 1 amide bonds. The van der Waals surface area contributed by atoms with Gasteiger partial charge in [-0.2, -0.15) is 0 Å². The van der Waals surface area contributed by atoms with Crippen LogP contribution in [0.1, 0.15) is 18.4 Å². The lowest BCUT2D eigenvalue weighted by molar-refractivity contribution is -0.118. The summed E-state index contributed by atoms with van der Waals surface area (Å²) in [6, 6.07) is 13.0. The van der Waals surface area contributed by atoms with Gasteiger partial charge in [0.25, 0.3) is 0 Å². The van der Waals surface area contributed by atoms with E-state index in [0.29, 0.717) is 35.4 Å². The second-order valence-corrected chi connectivity index (χ2v) is 6.28. The van der Waals surface area contributed by atoms with Gasteiger partial charge in [0.1, 0.15) is 13.2 Å². The molecule has 0 bridgehead atoms. The van der Waals surface area contributed by atoms with E-state index in [-0.39, 0.29) is 5.91 Å². The number of carbonyl (C=O) groups excluding carboxylic acids is 1. The van der Waals surface area contributed by atoms with Crippen molar-refractivity contribution in [3.63, 3.8) is 0 Å². The highest BCUT2D eigenvalue weighted by atomic mass is 35.5. The van der Waals surface area contributed by atoms with Crippen molar-refractivity contribution >= 4 is 23.2 Å². The minimum absolute atomic E-state index is 0.0257. The molecule has 0 atom stereocenters. The SMILES string of the molecule is O=C(Nc1ccc2c(c1)OCCO2)C1(c2ccccc2Cl)CC1. The van der Waals surface area contributed by atoms with Crippen LogP contribution in [0.5, 0.6) is 11.5 Å². The number of anilines is 1. The third-order valence-corrected chi connectivity index (χ3v) is 4.70. The molecule has 1 heterocycles. The molecule has 2 aromatic rings. The normalized spacial score (nSPS) is 17.4. The third-order valence-electron chi connectivity index (χ3n) is 4.37. The van der Waals surface area contributed by atoms with Gasteiger partial charge in [-0.05, 0) is 36.6 Å². The van der Waals surface area contributed by atoms with Crippen LogP contribution in [0.2, 0.25) is 5.02 Å². The maximum Gasteiger partial charge on any atom is 0.235 e. The second-order valence-electron chi connectivity index (χ2n) is 5.87. The van der Waals surface area contributed by atoms with E-state index in [2.05, 4.69) is 5.32 Å². The van der Waals surface area contributed by atoms with Crippen molar-refractivity contribution in [2.24, 2.45) is 0 Å². The van der Waals surface area contributed by atoms with Gasteiger partial charge in [0.05, 0.1) is 5.41 Å². The fourth-order valence-electron chi connectivity index (χ4n) is 2.96. The lowest BCUT2D eigenvalue weighted by Crippen LogP contribution is -2.28. The van der Waals surface area contributed by atoms with Crippen LogP contribution >= 0.6 is 11.6 Å². The fraction of sp³-hybridized carbons (Fsp3) is 0.278. The van der Waals surface area contributed by atoms with Gasteiger partial charge in [-0.25, -0.2) is 0 Å². The van der Waals surface area contributed by atoms with Gasteiger partial charge in [0.2, 0.25) is 5.91 Å². The number of fused-ring (bicyclic) bond motifs is 1. The first-order chi connectivity index (χ1) is 11.2. The number of carbonyl (C=O) groups is 1. The van der Waals surface area contributed by atoms with Crippen LogP contribution in [0.3, 0.4) is 0 Å². The Labute approximate surface area is 139 Å². The van der Waals surface area contributed by atoms with Crippen LogP contribution in [0.15, 0.2) is 42.5 Å². The summed E-state index contributed by atoms with van der Waals surface area (Å²) >= 11 is 6.27. The van der Waals surface area contributed by atoms with Crippen LogP contribution in [0.4, 0.5) is 5.69 Å². The minimum atomic E-state index is -0.508. The summed E-state index contributed by atoms with van der Waals surface area (Å²) in [6.07, 6.45) is 1.63. The van der Waals surface area contributed by atoms with Crippen LogP contribution < -0.4 is 14.8 Å². The largest absolute Gasteiger partial charge is 0.486 e. The Morgan fingerprint density at radius 1 is 1.04 bits per heavy atom. The molecule has 0 spiro atoms. The Hall–Kier alpha value is -2.20. The molecular weight excluding hydrogens is 314 g/mol. The molecule has 2 aromatic carbocycles. The molecule has 1 fully saturated rings. The molecular formula is C18H16ClNO3. The van der Waals surface area contributed by atoms with Crippen LogP contribution in [-0.2, 0) is 10.2 Å². The summed E-state index contributed by atoms with van der Waals surface area (Å²) in [7, 11) is 0. The van der Waals surface area contributed by atoms with Crippen molar-refractivity contribution in [1.82, 2.24) is 0 Å². The zero-order valence-electron chi connectivity index (χ0n) is 12.5. The monoisotopic (exact) mass is 329 g/mol. The first-order valence-electron chi connectivity index (χ1n) is 7.65. The number of rotatable bonds is 3. The van der Waals surface area contributed by atoms with Crippen molar-refractivity contribution in [2.75, 3.05) is 18.5 Å². The molecule has 1 aliphatic heterocycles. The molecule has 0 unspecified atom stereocenters. The highest BCUT2D eigenvalue weighted by Crippen LogP contribution is 2.51. The summed E-state index contributed by atoms with van der Waals surface area (Å²) in [6.45, 7) is 1.07. The molecule has 1 aliphatic carbocycles. The summed E-state index contributed by atoms with van der Waals surface area (Å²) in [4.78, 5) is 12.8. The molecule has 0 aromatic heterocycles. The molecule has 1 N–H and O–H groups in total. The quantitative estimate of drug-likeness (QED) is 0.932. The summed E-state index contributed by atoms with van der Waals surface area (Å²) < 4.78 is 11.0. The molecule has 5 heteroatoms. The number of nitrogens with one attached hydrogen (secondary N) is 1. The van der Waals surface area contributed by atoms with Crippen LogP contribution in [0.25, 0.3) is 0 Å². The van der Waals surface area contributed by atoms with Gasteiger partial charge in [0.15, 0.2) is 11.5 Å². The zero-order valence-corrected chi connectivity index (χ0v) is 13.2. The molecule has 4 rings (SSSR count). The smallest absolute Gasteiger partial charge is 0.235 e. The Morgan fingerprint density at radius 3 is 2.52 bits per heavy atom. The van der Waals surface area contributed by atoms with Gasteiger partial charge in [-0.3, -0.25) is 4.79 Å². The molecule has 23 heavy (non-hydrogen) atoms. The van der Waals surface area contributed by atoms with Gasteiger partial charge in [-0.15, -0.1) is 0 Å². The number of ether oxygens (including phenoxy) is 2. The lowest BCUT2D eigenvalue weighted by Gasteiger charge is -2.20. The standard InChI is InChI=1S/C18H16ClNO3/c19-14-4-2-1-3-13(14)18(7-8-18)17(21)20-12-5-6-15-16(11-12)23-10-9-22-15/h1-6,11H,7-10H2,(H,20,21). The summed E-state index contributed by atoms with van der Waals surface area (Å²) in [5, 5.41) is 3.63. The number of hydrogen-bond donors (Lipinski definition) is 1. The number of amides is 1. The van der Waals surface area contributed by atoms with E-state index in [0.717, 1.165) is 18.4 Å². The van der Waals surface area contributed by atoms with Crippen molar-refractivity contribution in [2.45, 2.75) is 18.3 Å². The summed E-state index contributed by atoms with van der Waals surface area (Å²) in [5.41, 5.74) is 1.10. The highest BCUT2D eigenvalue weighted by molar-refractivity contribution is 6.32. The van der Waals surface area contributed by atoms with Crippen molar-refractivity contribution in [3.8, 4) is 11.5 Å². The average molecular weight is 330 g/mol. The average Bonchev–Trinajstić information content (AvgIpc) is 3.37. The Kier molecular flexibility index (Phi) is 3.42. The maximum atomic E-state index is 12.8. The van der Waals surface area contributed by atoms with E-state index >= 15 is 0 Å².